The summed E-state index contributed by atoms with van der Waals surface area (Å²) < 4.78 is 53.3. The second-order valence-electron chi connectivity index (χ2n) is 3.88. The van der Waals surface area contributed by atoms with Crippen LogP contribution in [0.4, 0.5) is 4.48 Å². The normalized spacial score (nSPS) is 14.3. The third-order valence-corrected chi connectivity index (χ3v) is 6.38. The Labute approximate surface area is 119 Å². The van der Waals surface area contributed by atoms with Crippen LogP contribution in [-0.2, 0) is 0 Å². The van der Waals surface area contributed by atoms with Gasteiger partial charge in [-0.3, -0.25) is 18.2 Å². The van der Waals surface area contributed by atoms with E-state index < -0.39 is 25.5 Å². The topological polar surface area (TPSA) is 84.2 Å². The van der Waals surface area contributed by atoms with Crippen molar-refractivity contribution in [1.82, 2.24) is 3.93 Å². The van der Waals surface area contributed by atoms with Gasteiger partial charge in [0.2, 0.25) is 0 Å². The van der Waals surface area contributed by atoms with Gasteiger partial charge < -0.3 is 0 Å². The summed E-state index contributed by atoms with van der Waals surface area (Å²) in [5.41, 5.74) is 0. The summed E-state index contributed by atoms with van der Waals surface area (Å²) in [5.74, 6) is 0. The zero-order valence-corrected chi connectivity index (χ0v) is 11.8. The number of halogens is 1. The largest absolute Gasteiger partial charge is 0.278 e. The molecule has 0 aliphatic rings. The Morgan fingerprint density at radius 1 is 0.650 bits per heavy atom. The fourth-order valence-corrected chi connectivity index (χ4v) is 4.57. The quantitative estimate of drug-likeness (QED) is 0.618. The summed E-state index contributed by atoms with van der Waals surface area (Å²) in [6.07, 6.45) is 0. The van der Waals surface area contributed by atoms with Gasteiger partial charge in [-0.15, -0.1) is 0 Å². The van der Waals surface area contributed by atoms with Gasteiger partial charge in [-0.2, -0.15) is 0 Å². The predicted molar refractivity (Wildman–Crippen MR) is 78.1 cm³/mol. The second-order valence-corrected chi connectivity index (χ2v) is 7.77. The third-order valence-electron chi connectivity index (χ3n) is 2.52. The molecule has 0 saturated heterocycles. The van der Waals surface area contributed by atoms with Gasteiger partial charge in [0.25, 0.3) is 0 Å². The molecule has 0 aromatic heterocycles. The van der Waals surface area contributed by atoms with E-state index in [-0.39, 0.29) is 9.79 Å². The molecule has 5 nitrogen and oxygen atoms in total. The lowest BCUT2D eigenvalue weighted by Crippen LogP contribution is -2.24. The Hall–Kier alpha value is -1.13. The molecule has 110 valence electrons. The van der Waals surface area contributed by atoms with Crippen molar-refractivity contribution in [2.75, 3.05) is 0 Å². The van der Waals surface area contributed by atoms with Gasteiger partial charge in [-0.25, -0.2) is 0 Å². The predicted octanol–water partition coefficient (Wildman–Crippen LogP) is 4.62. The first-order chi connectivity index (χ1) is 9.37. The Bertz CT molecular complexity index is 517. The maximum atomic E-state index is 14.2. The Kier molecular flexibility index (Phi) is 4.35. The smallest absolute Gasteiger partial charge is 0.0795 e. The van der Waals surface area contributed by atoms with Gasteiger partial charge in [0.1, 0.15) is 0 Å². The molecule has 4 N–H and O–H groups in total. The highest BCUT2D eigenvalue weighted by molar-refractivity contribution is 8.36. The lowest BCUT2D eigenvalue weighted by molar-refractivity contribution is 0.199. The van der Waals surface area contributed by atoms with E-state index in [0.29, 0.717) is 0 Å². The number of benzene rings is 2. The first-order valence-corrected chi connectivity index (χ1v) is 8.50. The molecule has 0 radical (unpaired) electrons. The van der Waals surface area contributed by atoms with E-state index in [4.69, 9.17) is 0 Å². The molecule has 20 heavy (non-hydrogen) atoms. The van der Waals surface area contributed by atoms with E-state index >= 15 is 0 Å². The van der Waals surface area contributed by atoms with Crippen molar-refractivity contribution in [2.45, 2.75) is 9.79 Å². The molecule has 2 aromatic rings. The molecule has 2 rings (SSSR count). The fraction of sp³-hybridized carbons (Fsp3) is 0. The second kappa shape index (κ2) is 5.70. The highest BCUT2D eigenvalue weighted by Crippen LogP contribution is 2.67. The van der Waals surface area contributed by atoms with Crippen LogP contribution >= 0.6 is 21.6 Å². The summed E-state index contributed by atoms with van der Waals surface area (Å²) in [6.45, 7) is 0. The molecule has 0 aliphatic carbocycles. The van der Waals surface area contributed by atoms with Gasteiger partial charge in [-0.05, 0) is 24.3 Å². The van der Waals surface area contributed by atoms with E-state index in [1.54, 1.807) is 12.1 Å². The average molecular weight is 319 g/mol. The molecule has 0 saturated carbocycles. The summed E-state index contributed by atoms with van der Waals surface area (Å²) in [5, 5.41) is 0. The summed E-state index contributed by atoms with van der Waals surface area (Å²) >= 11 is 0. The van der Waals surface area contributed by atoms with Crippen molar-refractivity contribution in [1.29, 1.82) is 0 Å². The SMILES string of the molecule is OS(O)(c1ccccc1)N(F)S(O)(O)c1ccccc1. The van der Waals surface area contributed by atoms with Crippen LogP contribution in [0.5, 0.6) is 0 Å². The van der Waals surface area contributed by atoms with E-state index in [9.17, 15) is 22.7 Å². The van der Waals surface area contributed by atoms with E-state index in [1.165, 1.54) is 48.5 Å². The number of nitrogens with zero attached hydrogens (tertiary/aromatic N) is 1. The van der Waals surface area contributed by atoms with Gasteiger partial charge in [0.15, 0.2) is 0 Å². The summed E-state index contributed by atoms with van der Waals surface area (Å²) in [6, 6.07) is 14.4. The zero-order valence-electron chi connectivity index (χ0n) is 10.2. The number of hydrogen-bond donors (Lipinski definition) is 4. The zero-order chi connectivity index (χ0) is 14.8. The summed E-state index contributed by atoms with van der Waals surface area (Å²) in [4.78, 5) is -0.281. The van der Waals surface area contributed by atoms with Crippen LogP contribution in [0, 0.1) is 0 Å². The minimum atomic E-state index is -4.14. The van der Waals surface area contributed by atoms with Crippen LogP contribution < -0.4 is 0 Å². The van der Waals surface area contributed by atoms with Crippen LogP contribution in [0.1, 0.15) is 0 Å². The molecule has 0 aliphatic heterocycles. The number of hydrogen-bond acceptors (Lipinski definition) is 5. The molecule has 8 heteroatoms. The van der Waals surface area contributed by atoms with Crippen molar-refractivity contribution in [3.63, 3.8) is 0 Å². The Balaban J connectivity index is 2.37. The van der Waals surface area contributed by atoms with Crippen LogP contribution in [0.25, 0.3) is 0 Å². The van der Waals surface area contributed by atoms with Gasteiger partial charge >= 0.3 is 0 Å². The van der Waals surface area contributed by atoms with E-state index in [0.717, 1.165) is 0 Å². The molecule has 0 unspecified atom stereocenters. The molecule has 2 aromatic carbocycles. The van der Waals surface area contributed by atoms with Crippen LogP contribution in [0.2, 0.25) is 0 Å². The third kappa shape index (κ3) is 2.81. The monoisotopic (exact) mass is 319 g/mol. The molecule has 0 bridgehead atoms. The number of rotatable bonds is 4. The molecule has 0 heterocycles. The average Bonchev–Trinajstić information content (AvgIpc) is 2.48. The minimum Gasteiger partial charge on any atom is -0.278 e. The first kappa shape index (κ1) is 15.3. The van der Waals surface area contributed by atoms with Gasteiger partial charge in [0.05, 0.1) is 13.7 Å². The van der Waals surface area contributed by atoms with E-state index in [2.05, 4.69) is 0 Å². The van der Waals surface area contributed by atoms with Crippen LogP contribution in [-0.4, -0.2) is 22.1 Å². The Morgan fingerprint density at radius 2 is 0.950 bits per heavy atom. The summed E-state index contributed by atoms with van der Waals surface area (Å²) in [7, 11) is -8.28. The van der Waals surface area contributed by atoms with Crippen molar-refractivity contribution < 1.29 is 22.7 Å². The molecular formula is C12H14FNO4S2. The van der Waals surface area contributed by atoms with Crippen molar-refractivity contribution >= 4 is 21.6 Å². The van der Waals surface area contributed by atoms with Crippen LogP contribution in [0.15, 0.2) is 70.5 Å². The highest BCUT2D eigenvalue weighted by atomic mass is 32.3. The van der Waals surface area contributed by atoms with Crippen molar-refractivity contribution in [3.8, 4) is 0 Å². The Morgan fingerprint density at radius 3 is 1.25 bits per heavy atom. The lowest BCUT2D eigenvalue weighted by atomic mass is 10.4. The standard InChI is InChI=1S/C12H14FNO4S2/c13-14(19(15,16)11-7-3-1-4-8-11)20(17,18)12-9-5-2-6-10-12/h1-10,15-18H. The first-order valence-electron chi connectivity index (χ1n) is 5.49. The lowest BCUT2D eigenvalue weighted by Gasteiger charge is -2.46. The van der Waals surface area contributed by atoms with Crippen molar-refractivity contribution in [3.05, 3.63) is 60.7 Å². The molecule has 0 atom stereocenters. The van der Waals surface area contributed by atoms with Crippen LogP contribution in [0.3, 0.4) is 0 Å². The fourth-order valence-electron chi connectivity index (χ4n) is 1.52. The van der Waals surface area contributed by atoms with Crippen molar-refractivity contribution in [2.24, 2.45) is 0 Å². The highest BCUT2D eigenvalue weighted by Gasteiger charge is 2.38. The molecule has 0 spiro atoms. The maximum absolute atomic E-state index is 14.2. The molecule has 0 amide bonds. The van der Waals surface area contributed by atoms with E-state index in [1.807, 2.05) is 0 Å². The van der Waals surface area contributed by atoms with Gasteiger partial charge in [-0.1, -0.05) is 62.4 Å². The molecular weight excluding hydrogens is 305 g/mol. The van der Waals surface area contributed by atoms with Gasteiger partial charge in [0, 0.05) is 0 Å². The minimum absolute atomic E-state index is 0.140. The maximum Gasteiger partial charge on any atom is 0.0795 e. The molecule has 0 fully saturated rings.